The van der Waals surface area contributed by atoms with Crippen LogP contribution >= 0.6 is 0 Å². The first-order valence-electron chi connectivity index (χ1n) is 11.2. The molecule has 4 aromatic carbocycles. The van der Waals surface area contributed by atoms with Gasteiger partial charge in [0.2, 0.25) is 0 Å². The highest BCUT2D eigenvalue weighted by Gasteiger charge is 2.14. The summed E-state index contributed by atoms with van der Waals surface area (Å²) in [6.45, 7) is 3.93. The van der Waals surface area contributed by atoms with Crippen LogP contribution in [0.4, 0.5) is 0 Å². The fourth-order valence-electron chi connectivity index (χ4n) is 4.86. The molecule has 3 aromatic heterocycles. The molecule has 0 aliphatic carbocycles. The van der Waals surface area contributed by atoms with E-state index in [1.165, 1.54) is 10.8 Å². The molecular formula is C28H20N6. The van der Waals surface area contributed by atoms with Crippen molar-refractivity contribution >= 4 is 43.6 Å². The molecule has 162 valence electrons. The largest absolute Gasteiger partial charge is 0.342 e. The van der Waals surface area contributed by atoms with Gasteiger partial charge >= 0.3 is 0 Å². The Kier molecular flexibility index (Phi) is 3.88. The fraction of sp³-hybridized carbons (Fsp3) is 0.0714. The minimum atomic E-state index is 0.850. The first-order chi connectivity index (χ1) is 16.6. The van der Waals surface area contributed by atoms with Gasteiger partial charge in [-0.2, -0.15) is 0 Å². The smallest absolute Gasteiger partial charge is 0.115 e. The maximum absolute atomic E-state index is 4.74. The second-order valence-corrected chi connectivity index (χ2v) is 8.72. The number of nitrogens with zero attached hydrogens (tertiary/aromatic N) is 4. The molecule has 0 amide bonds. The molecule has 0 saturated carbocycles. The summed E-state index contributed by atoms with van der Waals surface area (Å²) < 4.78 is 0. The van der Waals surface area contributed by atoms with Crippen molar-refractivity contribution < 1.29 is 0 Å². The molecule has 7 aromatic rings. The number of rotatable bonds is 2. The Morgan fingerprint density at radius 2 is 1.29 bits per heavy atom. The van der Waals surface area contributed by atoms with Crippen LogP contribution in [-0.4, -0.2) is 29.9 Å². The first kappa shape index (κ1) is 18.9. The van der Waals surface area contributed by atoms with Gasteiger partial charge in [0.15, 0.2) is 0 Å². The number of fused-ring (bicyclic) bond motifs is 7. The van der Waals surface area contributed by atoms with E-state index in [0.29, 0.717) is 0 Å². The van der Waals surface area contributed by atoms with Crippen LogP contribution in [0.2, 0.25) is 0 Å². The van der Waals surface area contributed by atoms with Gasteiger partial charge in [-0.05, 0) is 53.9 Å². The molecule has 0 atom stereocenters. The summed E-state index contributed by atoms with van der Waals surface area (Å²) in [5, 5.41) is 4.53. The number of benzene rings is 4. The number of aromatic amines is 2. The lowest BCUT2D eigenvalue weighted by molar-refractivity contribution is 1.15. The normalized spacial score (nSPS) is 11.8. The molecule has 3 heterocycles. The Hall–Kier alpha value is -4.58. The summed E-state index contributed by atoms with van der Waals surface area (Å²) in [5.74, 6) is 1.79. The first-order valence-corrected chi connectivity index (χ1v) is 11.2. The van der Waals surface area contributed by atoms with E-state index in [1.54, 1.807) is 12.4 Å². The highest BCUT2D eigenvalue weighted by atomic mass is 14.9. The third-order valence-electron chi connectivity index (χ3n) is 6.47. The highest BCUT2D eigenvalue weighted by molar-refractivity contribution is 6.21. The molecule has 0 unspecified atom stereocenters. The summed E-state index contributed by atoms with van der Waals surface area (Å²) in [6.07, 6.45) is 5.36. The van der Waals surface area contributed by atoms with E-state index in [4.69, 9.17) is 4.98 Å². The maximum Gasteiger partial charge on any atom is 0.115 e. The average Bonchev–Trinajstić information content (AvgIpc) is 3.49. The predicted molar refractivity (Wildman–Crippen MR) is 137 cm³/mol. The lowest BCUT2D eigenvalue weighted by Gasteiger charge is -2.09. The van der Waals surface area contributed by atoms with Crippen LogP contribution in [0.5, 0.6) is 0 Å². The second kappa shape index (κ2) is 6.96. The average molecular weight is 441 g/mol. The van der Waals surface area contributed by atoms with Crippen LogP contribution < -0.4 is 0 Å². The predicted octanol–water partition coefficient (Wildman–Crippen LogP) is 6.49. The van der Waals surface area contributed by atoms with Crippen LogP contribution in [0.1, 0.15) is 11.6 Å². The molecule has 34 heavy (non-hydrogen) atoms. The molecule has 7 rings (SSSR count). The SMILES string of the molecule is Cc1ncc(-c2ccc3cc(-c4ccc5c(c4)c4nccnc4c4[nH]c(C)nc54)ccc3c2)[nH]1. The Labute approximate surface area is 194 Å². The second-order valence-electron chi connectivity index (χ2n) is 8.72. The van der Waals surface area contributed by atoms with Crippen LogP contribution in [0.25, 0.3) is 66.0 Å². The molecule has 0 radical (unpaired) electrons. The van der Waals surface area contributed by atoms with Crippen molar-refractivity contribution in [2.75, 3.05) is 0 Å². The van der Waals surface area contributed by atoms with E-state index in [-0.39, 0.29) is 0 Å². The third-order valence-corrected chi connectivity index (χ3v) is 6.47. The van der Waals surface area contributed by atoms with Crippen molar-refractivity contribution in [3.63, 3.8) is 0 Å². The summed E-state index contributed by atoms with van der Waals surface area (Å²) in [5.41, 5.74) is 8.08. The highest BCUT2D eigenvalue weighted by Crippen LogP contribution is 2.35. The van der Waals surface area contributed by atoms with Gasteiger partial charge in [-0.1, -0.05) is 36.4 Å². The Balaban J connectivity index is 1.40. The van der Waals surface area contributed by atoms with Crippen molar-refractivity contribution in [3.05, 3.63) is 84.8 Å². The number of H-pyrrole nitrogens is 2. The summed E-state index contributed by atoms with van der Waals surface area (Å²) in [7, 11) is 0. The summed E-state index contributed by atoms with van der Waals surface area (Å²) in [4.78, 5) is 25.0. The Morgan fingerprint density at radius 3 is 2.09 bits per heavy atom. The zero-order valence-corrected chi connectivity index (χ0v) is 18.7. The van der Waals surface area contributed by atoms with Gasteiger partial charge in [-0.15, -0.1) is 0 Å². The van der Waals surface area contributed by atoms with Gasteiger partial charge in [-0.3, -0.25) is 9.97 Å². The maximum atomic E-state index is 4.74. The van der Waals surface area contributed by atoms with Crippen molar-refractivity contribution in [1.82, 2.24) is 29.9 Å². The molecular weight excluding hydrogens is 420 g/mol. The lowest BCUT2D eigenvalue weighted by Crippen LogP contribution is -1.89. The van der Waals surface area contributed by atoms with Crippen molar-refractivity contribution in [2.24, 2.45) is 0 Å². The topological polar surface area (TPSA) is 83.1 Å². The van der Waals surface area contributed by atoms with Gasteiger partial charge < -0.3 is 9.97 Å². The van der Waals surface area contributed by atoms with Gasteiger partial charge in [-0.25, -0.2) is 9.97 Å². The number of aromatic nitrogens is 6. The van der Waals surface area contributed by atoms with Crippen molar-refractivity contribution in [2.45, 2.75) is 13.8 Å². The molecule has 6 nitrogen and oxygen atoms in total. The molecule has 0 bridgehead atoms. The standard InChI is InChI=1S/C28H20N6/c1-15-31-14-24(32-15)21-6-5-17-11-18(3-4-19(17)12-21)20-7-8-22-23(13-20)25-27(30-10-9-29-25)28-26(22)33-16(2)34-28/h3-14H,1-2H3,(H,31,32)(H,33,34). The monoisotopic (exact) mass is 440 g/mol. The zero-order chi connectivity index (χ0) is 22.8. The summed E-state index contributed by atoms with van der Waals surface area (Å²) >= 11 is 0. The zero-order valence-electron chi connectivity index (χ0n) is 18.7. The van der Waals surface area contributed by atoms with Gasteiger partial charge in [0.1, 0.15) is 17.2 Å². The molecule has 0 aliphatic rings. The summed E-state index contributed by atoms with van der Waals surface area (Å²) in [6, 6.07) is 19.6. The van der Waals surface area contributed by atoms with Crippen LogP contribution in [0, 0.1) is 13.8 Å². The number of imidazole rings is 2. The third kappa shape index (κ3) is 2.82. The van der Waals surface area contributed by atoms with E-state index in [9.17, 15) is 0 Å². The molecule has 2 N–H and O–H groups in total. The van der Waals surface area contributed by atoms with Gasteiger partial charge in [0.05, 0.1) is 28.4 Å². The molecule has 0 aliphatic heterocycles. The van der Waals surface area contributed by atoms with Crippen LogP contribution in [0.15, 0.2) is 73.2 Å². The van der Waals surface area contributed by atoms with E-state index < -0.39 is 0 Å². The lowest BCUT2D eigenvalue weighted by atomic mass is 9.96. The quantitative estimate of drug-likeness (QED) is 0.301. The minimum Gasteiger partial charge on any atom is -0.342 e. The number of nitrogens with one attached hydrogen (secondary N) is 2. The van der Waals surface area contributed by atoms with E-state index >= 15 is 0 Å². The minimum absolute atomic E-state index is 0.850. The van der Waals surface area contributed by atoms with Crippen molar-refractivity contribution in [1.29, 1.82) is 0 Å². The van der Waals surface area contributed by atoms with E-state index in [0.717, 1.165) is 66.9 Å². The fourth-order valence-corrected chi connectivity index (χ4v) is 4.86. The number of aryl methyl sites for hydroxylation is 2. The number of hydrogen-bond donors (Lipinski definition) is 2. The Morgan fingerprint density at radius 1 is 0.588 bits per heavy atom. The molecule has 0 spiro atoms. The molecule has 6 heteroatoms. The van der Waals surface area contributed by atoms with Gasteiger partial charge in [0, 0.05) is 28.7 Å². The van der Waals surface area contributed by atoms with E-state index in [1.807, 2.05) is 20.0 Å². The van der Waals surface area contributed by atoms with Crippen LogP contribution in [-0.2, 0) is 0 Å². The van der Waals surface area contributed by atoms with Crippen LogP contribution in [0.3, 0.4) is 0 Å². The Bertz CT molecular complexity index is 1890. The number of hydrogen-bond acceptors (Lipinski definition) is 4. The molecule has 0 saturated heterocycles. The van der Waals surface area contributed by atoms with Crippen molar-refractivity contribution in [3.8, 4) is 22.4 Å². The van der Waals surface area contributed by atoms with E-state index in [2.05, 4.69) is 79.5 Å². The molecule has 0 fully saturated rings. The van der Waals surface area contributed by atoms with Gasteiger partial charge in [0.25, 0.3) is 0 Å².